The third-order valence-electron chi connectivity index (χ3n) is 7.78. The number of hydrogen-bond acceptors (Lipinski definition) is 8. The highest BCUT2D eigenvalue weighted by atomic mass is 19.1. The van der Waals surface area contributed by atoms with Gasteiger partial charge in [-0.1, -0.05) is 36.4 Å². The number of nitrogens with one attached hydrogen (secondary N) is 1. The molecule has 0 bridgehead atoms. The highest BCUT2D eigenvalue weighted by molar-refractivity contribution is 5.91. The number of ether oxygens (including phenoxy) is 2. The lowest BCUT2D eigenvalue weighted by Crippen LogP contribution is -2.57. The average molecular weight is 646 g/mol. The number of piperazine rings is 1. The van der Waals surface area contributed by atoms with Gasteiger partial charge in [-0.05, 0) is 73.4 Å². The van der Waals surface area contributed by atoms with E-state index in [1.807, 2.05) is 44.2 Å². The van der Waals surface area contributed by atoms with Crippen LogP contribution in [0, 0.1) is 18.6 Å². The topological polar surface area (TPSA) is 130 Å². The van der Waals surface area contributed by atoms with Crippen LogP contribution in [0.15, 0.2) is 66.7 Å². The highest BCUT2D eigenvalue weighted by Gasteiger charge is 2.30. The molecule has 0 saturated carbocycles. The van der Waals surface area contributed by atoms with Crippen LogP contribution in [0.4, 0.5) is 14.5 Å². The van der Waals surface area contributed by atoms with Crippen molar-refractivity contribution in [3.63, 3.8) is 0 Å². The maximum absolute atomic E-state index is 16.2. The van der Waals surface area contributed by atoms with Crippen molar-refractivity contribution in [2.45, 2.75) is 39.4 Å². The van der Waals surface area contributed by atoms with Gasteiger partial charge in [0.1, 0.15) is 22.7 Å². The third kappa shape index (κ3) is 7.67. The molecule has 0 spiro atoms. The number of carboxylic acid groups (broad SMARTS) is 1. The van der Waals surface area contributed by atoms with E-state index in [0.717, 1.165) is 21.6 Å². The summed E-state index contributed by atoms with van der Waals surface area (Å²) in [6.07, 6.45) is 0. The maximum Gasteiger partial charge on any atom is 0.339 e. The fourth-order valence-electron chi connectivity index (χ4n) is 5.60. The van der Waals surface area contributed by atoms with Crippen molar-refractivity contribution in [3.8, 4) is 34.4 Å². The number of nitrogens with two attached hydrogens (primary N) is 1. The van der Waals surface area contributed by atoms with Gasteiger partial charge in [-0.15, -0.1) is 0 Å². The number of carboxylic acids is 1. The minimum atomic E-state index is -1.31. The molecule has 2 atom stereocenters. The molecule has 10 nitrogen and oxygen atoms in total. The van der Waals surface area contributed by atoms with Crippen molar-refractivity contribution in [1.82, 2.24) is 15.2 Å². The normalized spacial score (nSPS) is 16.1. The van der Waals surface area contributed by atoms with E-state index in [9.17, 15) is 14.7 Å². The van der Waals surface area contributed by atoms with Crippen LogP contribution in [0.3, 0.4) is 0 Å². The van der Waals surface area contributed by atoms with Crippen molar-refractivity contribution < 1.29 is 33.0 Å². The standard InChI is InChI=1S/C35H37F2N5O5/c1-20-11-12-27(35(44)45)28(13-20)47-34-31(37)32(41(4)19-29(43)42-17-21(2)39-22(3)18-42)30(36)33(40-34)46-26-10-6-9-25(15-26)24-8-5-7-23(14-24)16-38/h5-15,21-22,39H,16-19,38H2,1-4H3,(H,44,45). The van der Waals surface area contributed by atoms with E-state index in [0.29, 0.717) is 25.2 Å². The molecule has 5 rings (SSSR count). The average Bonchev–Trinajstić information content (AvgIpc) is 3.03. The number of rotatable bonds is 10. The van der Waals surface area contributed by atoms with Crippen molar-refractivity contribution >= 4 is 17.6 Å². The van der Waals surface area contributed by atoms with Crippen molar-refractivity contribution in [2.75, 3.05) is 31.6 Å². The minimum absolute atomic E-state index is 0.0497. The second-order valence-corrected chi connectivity index (χ2v) is 11.8. The van der Waals surface area contributed by atoms with E-state index in [-0.39, 0.29) is 41.6 Å². The summed E-state index contributed by atoms with van der Waals surface area (Å²) in [4.78, 5) is 32.0. The van der Waals surface area contributed by atoms with Crippen molar-refractivity contribution in [3.05, 3.63) is 95.1 Å². The Labute approximate surface area is 271 Å². The van der Waals surface area contributed by atoms with Crippen LogP contribution in [0.5, 0.6) is 23.3 Å². The molecule has 12 heteroatoms. The number of anilines is 1. The van der Waals surface area contributed by atoms with Crippen LogP contribution >= 0.6 is 0 Å². The minimum Gasteiger partial charge on any atom is -0.478 e. The summed E-state index contributed by atoms with van der Waals surface area (Å²) in [5.41, 5.74) is 8.11. The molecule has 4 aromatic rings. The van der Waals surface area contributed by atoms with E-state index in [1.165, 1.54) is 19.2 Å². The number of hydrogen-bond donors (Lipinski definition) is 3. The van der Waals surface area contributed by atoms with E-state index >= 15 is 8.78 Å². The molecule has 2 heterocycles. The first-order valence-electron chi connectivity index (χ1n) is 15.2. The Kier molecular flexibility index (Phi) is 10.0. The number of aromatic nitrogens is 1. The number of carbonyl (C=O) groups excluding carboxylic acids is 1. The molecule has 1 aliphatic rings. The number of pyridine rings is 1. The van der Waals surface area contributed by atoms with Crippen LogP contribution in [0.2, 0.25) is 0 Å². The van der Waals surface area contributed by atoms with Crippen LogP contribution in [-0.2, 0) is 11.3 Å². The smallest absolute Gasteiger partial charge is 0.339 e. The molecule has 1 aliphatic heterocycles. The number of amides is 1. The Hall–Kier alpha value is -5.07. The van der Waals surface area contributed by atoms with Gasteiger partial charge in [0.2, 0.25) is 17.5 Å². The van der Waals surface area contributed by atoms with Crippen LogP contribution < -0.4 is 25.4 Å². The first kappa shape index (κ1) is 33.3. The zero-order valence-corrected chi connectivity index (χ0v) is 26.6. The number of aromatic carboxylic acids is 1. The molecule has 246 valence electrons. The summed E-state index contributed by atoms with van der Waals surface area (Å²) in [6, 6.07) is 18.8. The fraction of sp³-hybridized carbons (Fsp3) is 0.286. The molecule has 47 heavy (non-hydrogen) atoms. The second-order valence-electron chi connectivity index (χ2n) is 11.8. The molecule has 1 aromatic heterocycles. The largest absolute Gasteiger partial charge is 0.478 e. The van der Waals surface area contributed by atoms with Crippen molar-refractivity contribution in [1.29, 1.82) is 0 Å². The summed E-state index contributed by atoms with van der Waals surface area (Å²) < 4.78 is 44.0. The zero-order valence-electron chi connectivity index (χ0n) is 26.6. The van der Waals surface area contributed by atoms with Crippen LogP contribution in [0.25, 0.3) is 11.1 Å². The molecule has 4 N–H and O–H groups in total. The summed E-state index contributed by atoms with van der Waals surface area (Å²) >= 11 is 0. The Morgan fingerprint density at radius 2 is 1.62 bits per heavy atom. The van der Waals surface area contributed by atoms with Gasteiger partial charge in [0.25, 0.3) is 11.8 Å². The highest BCUT2D eigenvalue weighted by Crippen LogP contribution is 2.39. The van der Waals surface area contributed by atoms with Gasteiger partial charge in [-0.3, -0.25) is 4.79 Å². The first-order valence-corrected chi connectivity index (χ1v) is 15.2. The molecular formula is C35H37F2N5O5. The molecule has 0 aliphatic carbocycles. The maximum atomic E-state index is 16.2. The molecule has 3 aromatic carbocycles. The zero-order chi connectivity index (χ0) is 33.8. The van der Waals surface area contributed by atoms with E-state index in [2.05, 4.69) is 10.3 Å². The monoisotopic (exact) mass is 645 g/mol. The number of carbonyl (C=O) groups is 2. The summed E-state index contributed by atoms with van der Waals surface area (Å²) in [6.45, 7) is 6.50. The van der Waals surface area contributed by atoms with Gasteiger partial charge in [-0.2, -0.15) is 13.8 Å². The Morgan fingerprint density at radius 1 is 0.979 bits per heavy atom. The molecule has 2 unspecified atom stereocenters. The van der Waals surface area contributed by atoms with E-state index in [4.69, 9.17) is 15.2 Å². The fourth-order valence-corrected chi connectivity index (χ4v) is 5.60. The van der Waals surface area contributed by atoms with Gasteiger partial charge in [0, 0.05) is 38.8 Å². The number of aryl methyl sites for hydroxylation is 1. The first-order chi connectivity index (χ1) is 22.4. The van der Waals surface area contributed by atoms with Gasteiger partial charge in [0.15, 0.2) is 0 Å². The van der Waals surface area contributed by atoms with Crippen LogP contribution in [-0.4, -0.2) is 65.6 Å². The van der Waals surface area contributed by atoms with Crippen molar-refractivity contribution in [2.24, 2.45) is 5.73 Å². The van der Waals surface area contributed by atoms with E-state index in [1.54, 1.807) is 36.1 Å². The van der Waals surface area contributed by atoms with Gasteiger partial charge >= 0.3 is 5.97 Å². The Morgan fingerprint density at radius 3 is 2.28 bits per heavy atom. The number of halogens is 2. The quantitative estimate of drug-likeness (QED) is 0.198. The predicted octanol–water partition coefficient (Wildman–Crippen LogP) is 5.72. The van der Waals surface area contributed by atoms with E-state index < -0.39 is 35.1 Å². The third-order valence-corrected chi connectivity index (χ3v) is 7.78. The lowest BCUT2D eigenvalue weighted by Gasteiger charge is -2.37. The number of benzene rings is 3. The molecule has 1 saturated heterocycles. The summed E-state index contributed by atoms with van der Waals surface area (Å²) in [7, 11) is 1.38. The van der Waals surface area contributed by atoms with Gasteiger partial charge in [-0.25, -0.2) is 4.79 Å². The molecule has 0 radical (unpaired) electrons. The van der Waals surface area contributed by atoms with Crippen LogP contribution in [0.1, 0.15) is 35.3 Å². The lowest BCUT2D eigenvalue weighted by molar-refractivity contribution is -0.131. The Bertz CT molecular complexity index is 1790. The number of nitrogens with zero attached hydrogens (tertiary/aromatic N) is 3. The molecular weight excluding hydrogens is 608 g/mol. The van der Waals surface area contributed by atoms with Gasteiger partial charge in [0.05, 0.1) is 6.54 Å². The Balaban J connectivity index is 1.54. The lowest BCUT2D eigenvalue weighted by atomic mass is 10.0. The SMILES string of the molecule is Cc1ccc(C(=O)O)c(Oc2nc(Oc3cccc(-c4cccc(CN)c4)c3)c(F)c(N(C)CC(=O)N3CC(C)NC(C)C3)c2F)c1. The second kappa shape index (κ2) is 14.1. The van der Waals surface area contributed by atoms with Gasteiger partial charge < -0.3 is 35.4 Å². The summed E-state index contributed by atoms with van der Waals surface area (Å²) in [5.74, 6) is -5.37. The predicted molar refractivity (Wildman–Crippen MR) is 174 cm³/mol. The number of likely N-dealkylation sites (N-methyl/N-ethyl adjacent to an activating group) is 1. The molecule has 1 fully saturated rings. The molecule has 1 amide bonds. The summed E-state index contributed by atoms with van der Waals surface area (Å²) in [5, 5.41) is 13.1.